The zero-order valence-electron chi connectivity index (χ0n) is 11.7. The summed E-state index contributed by atoms with van der Waals surface area (Å²) < 4.78 is 26.1. The first-order valence-electron chi connectivity index (χ1n) is 6.95. The molecule has 1 spiro atoms. The highest BCUT2D eigenvalue weighted by molar-refractivity contribution is 7.90. The van der Waals surface area contributed by atoms with Crippen LogP contribution in [-0.2, 0) is 14.8 Å². The van der Waals surface area contributed by atoms with E-state index >= 15 is 0 Å². The predicted molar refractivity (Wildman–Crippen MR) is 72.8 cm³/mol. The van der Waals surface area contributed by atoms with Crippen LogP contribution in [0, 0.1) is 16.7 Å². The van der Waals surface area contributed by atoms with Crippen LogP contribution in [0.3, 0.4) is 0 Å². The van der Waals surface area contributed by atoms with Crippen LogP contribution < -0.4 is 0 Å². The van der Waals surface area contributed by atoms with E-state index in [0.717, 1.165) is 19.3 Å². The lowest BCUT2D eigenvalue weighted by Gasteiger charge is -2.36. The fraction of sp³-hybridized carbons (Fsp3) is 0.786. The molecule has 0 aromatic heterocycles. The molecule has 0 aromatic rings. The first-order valence-corrected chi connectivity index (χ1v) is 8.56. The highest BCUT2D eigenvalue weighted by Gasteiger charge is 2.72. The van der Waals surface area contributed by atoms with E-state index in [1.807, 2.05) is 0 Å². The van der Waals surface area contributed by atoms with Gasteiger partial charge in [0.15, 0.2) is 0 Å². The zero-order chi connectivity index (χ0) is 14.1. The quantitative estimate of drug-likeness (QED) is 0.691. The van der Waals surface area contributed by atoms with Gasteiger partial charge in [0.1, 0.15) is 0 Å². The van der Waals surface area contributed by atoms with Crippen LogP contribution >= 0.6 is 0 Å². The van der Waals surface area contributed by atoms with Gasteiger partial charge in [0.25, 0.3) is 5.91 Å². The Morgan fingerprint density at radius 1 is 1.37 bits per heavy atom. The molecule has 1 saturated heterocycles. The summed E-state index contributed by atoms with van der Waals surface area (Å²) in [6.07, 6.45) is 5.87. The Balaban J connectivity index is 2.09. The summed E-state index contributed by atoms with van der Waals surface area (Å²) in [4.78, 5) is 12.1. The molecule has 2 aliphatic carbocycles. The lowest BCUT2D eigenvalue weighted by Crippen LogP contribution is -2.43. The third kappa shape index (κ3) is 1.40. The van der Waals surface area contributed by atoms with Crippen molar-refractivity contribution >= 4 is 15.9 Å². The molecule has 3 atom stereocenters. The van der Waals surface area contributed by atoms with Gasteiger partial charge in [-0.3, -0.25) is 4.79 Å². The molecule has 1 aliphatic heterocycles. The highest BCUT2D eigenvalue weighted by atomic mass is 32.2. The Hall–Kier alpha value is -0.840. The molecule has 3 fully saturated rings. The Kier molecular flexibility index (Phi) is 2.51. The van der Waals surface area contributed by atoms with Gasteiger partial charge in [-0.25, -0.2) is 12.7 Å². The van der Waals surface area contributed by atoms with Crippen molar-refractivity contribution in [3.8, 4) is 0 Å². The standard InChI is InChI=1S/C14H21NO3S/c1-4-5-12(16)15-11-8-10-6-7-14(11,13(10,2)3)9-19(15,17)18/h4-5,10-11H,6-9H2,1-3H3/b5-4+/t10?,11-,14-/m1/s1. The molecule has 0 radical (unpaired) electrons. The minimum Gasteiger partial charge on any atom is -0.269 e. The molecular formula is C14H21NO3S. The predicted octanol–water partition coefficient (Wildman–Crippen LogP) is 1.93. The molecule has 5 heteroatoms. The van der Waals surface area contributed by atoms with Gasteiger partial charge in [-0.15, -0.1) is 0 Å². The molecule has 19 heavy (non-hydrogen) atoms. The maximum atomic E-state index is 12.4. The lowest BCUT2D eigenvalue weighted by molar-refractivity contribution is -0.124. The van der Waals surface area contributed by atoms with Crippen molar-refractivity contribution in [3.05, 3.63) is 12.2 Å². The Morgan fingerprint density at radius 3 is 2.63 bits per heavy atom. The van der Waals surface area contributed by atoms with Crippen LogP contribution in [0.25, 0.3) is 0 Å². The average molecular weight is 283 g/mol. The second-order valence-electron chi connectivity index (χ2n) is 6.76. The molecule has 4 nitrogen and oxygen atoms in total. The van der Waals surface area contributed by atoms with E-state index in [-0.39, 0.29) is 28.5 Å². The Bertz CT molecular complexity index is 563. The maximum absolute atomic E-state index is 12.4. The van der Waals surface area contributed by atoms with E-state index < -0.39 is 10.0 Å². The average Bonchev–Trinajstić information content (AvgIpc) is 2.75. The molecule has 2 saturated carbocycles. The number of amides is 1. The van der Waals surface area contributed by atoms with Gasteiger partial charge < -0.3 is 0 Å². The van der Waals surface area contributed by atoms with E-state index in [1.54, 1.807) is 13.0 Å². The van der Waals surface area contributed by atoms with Crippen LogP contribution in [0.4, 0.5) is 0 Å². The number of carbonyl (C=O) groups is 1. The molecule has 3 aliphatic rings. The van der Waals surface area contributed by atoms with Crippen molar-refractivity contribution in [1.29, 1.82) is 0 Å². The van der Waals surface area contributed by atoms with Crippen LogP contribution in [0.5, 0.6) is 0 Å². The number of fused-ring (bicyclic) bond motifs is 1. The van der Waals surface area contributed by atoms with E-state index in [4.69, 9.17) is 0 Å². The molecule has 1 unspecified atom stereocenters. The summed E-state index contributed by atoms with van der Waals surface area (Å²) in [6, 6.07) is -0.116. The van der Waals surface area contributed by atoms with Crippen molar-refractivity contribution in [2.45, 2.75) is 46.1 Å². The van der Waals surface area contributed by atoms with E-state index in [1.165, 1.54) is 10.4 Å². The second kappa shape index (κ2) is 3.62. The van der Waals surface area contributed by atoms with Gasteiger partial charge in [-0.2, -0.15) is 0 Å². The van der Waals surface area contributed by atoms with Gasteiger partial charge in [-0.05, 0) is 43.6 Å². The van der Waals surface area contributed by atoms with Crippen molar-refractivity contribution < 1.29 is 13.2 Å². The Labute approximate surface area is 114 Å². The van der Waals surface area contributed by atoms with E-state index in [0.29, 0.717) is 5.92 Å². The molecule has 106 valence electrons. The number of rotatable bonds is 1. The smallest absolute Gasteiger partial charge is 0.259 e. The maximum Gasteiger partial charge on any atom is 0.259 e. The number of hydrogen-bond donors (Lipinski definition) is 0. The first-order chi connectivity index (χ1) is 8.76. The fourth-order valence-corrected chi connectivity index (χ4v) is 7.30. The van der Waals surface area contributed by atoms with Crippen molar-refractivity contribution in [1.82, 2.24) is 4.31 Å². The molecule has 2 bridgehead atoms. The van der Waals surface area contributed by atoms with Gasteiger partial charge in [0.2, 0.25) is 10.0 Å². The van der Waals surface area contributed by atoms with Crippen LogP contribution in [0.15, 0.2) is 12.2 Å². The van der Waals surface area contributed by atoms with Gasteiger partial charge in [0, 0.05) is 5.41 Å². The minimum absolute atomic E-state index is 0.0235. The highest BCUT2D eigenvalue weighted by Crippen LogP contribution is 2.69. The normalized spacial score (nSPS) is 41.9. The summed E-state index contributed by atoms with van der Waals surface area (Å²) in [5, 5.41) is 0. The van der Waals surface area contributed by atoms with Crippen LogP contribution in [0.2, 0.25) is 0 Å². The number of nitrogens with zero attached hydrogens (tertiary/aromatic N) is 1. The number of carbonyl (C=O) groups excluding carboxylic acids is 1. The van der Waals surface area contributed by atoms with E-state index in [2.05, 4.69) is 13.8 Å². The SMILES string of the molecule is C/C=C/C(=O)N1[C@@H]2CC3CC[C@]2(CS1(=O)=O)C3(C)C. The Morgan fingerprint density at radius 2 is 2.05 bits per heavy atom. The zero-order valence-corrected chi connectivity index (χ0v) is 12.5. The summed E-state index contributed by atoms with van der Waals surface area (Å²) >= 11 is 0. The fourth-order valence-electron chi connectivity index (χ4n) is 4.80. The molecule has 1 heterocycles. The van der Waals surface area contributed by atoms with Gasteiger partial charge in [0.05, 0.1) is 11.8 Å². The number of allylic oxidation sites excluding steroid dienone is 1. The second-order valence-corrected chi connectivity index (χ2v) is 8.60. The van der Waals surface area contributed by atoms with Crippen molar-refractivity contribution in [2.24, 2.45) is 16.7 Å². The lowest BCUT2D eigenvalue weighted by atomic mass is 9.69. The largest absolute Gasteiger partial charge is 0.269 e. The minimum atomic E-state index is -3.45. The number of sulfonamides is 1. The van der Waals surface area contributed by atoms with Crippen molar-refractivity contribution in [2.75, 3.05) is 5.75 Å². The molecule has 0 aromatic carbocycles. The van der Waals surface area contributed by atoms with E-state index in [9.17, 15) is 13.2 Å². The van der Waals surface area contributed by atoms with Crippen LogP contribution in [0.1, 0.15) is 40.0 Å². The third-order valence-corrected chi connectivity index (χ3v) is 7.85. The molecule has 0 N–H and O–H groups in total. The third-order valence-electron chi connectivity index (χ3n) is 5.94. The first kappa shape index (κ1) is 13.2. The number of hydrogen-bond acceptors (Lipinski definition) is 3. The van der Waals surface area contributed by atoms with Crippen LogP contribution in [-0.4, -0.2) is 30.4 Å². The topological polar surface area (TPSA) is 54.5 Å². The summed E-state index contributed by atoms with van der Waals surface area (Å²) in [5.74, 6) is 0.332. The van der Waals surface area contributed by atoms with Gasteiger partial charge in [-0.1, -0.05) is 19.9 Å². The molecule has 3 rings (SSSR count). The summed E-state index contributed by atoms with van der Waals surface area (Å²) in [5.41, 5.74) is -0.191. The van der Waals surface area contributed by atoms with Gasteiger partial charge >= 0.3 is 0 Å². The van der Waals surface area contributed by atoms with Crippen molar-refractivity contribution in [3.63, 3.8) is 0 Å². The monoisotopic (exact) mass is 283 g/mol. The summed E-state index contributed by atoms with van der Waals surface area (Å²) in [7, 11) is -3.45. The molecule has 1 amide bonds. The molecular weight excluding hydrogens is 262 g/mol. The summed E-state index contributed by atoms with van der Waals surface area (Å²) in [6.45, 7) is 6.11.